The summed E-state index contributed by atoms with van der Waals surface area (Å²) < 4.78 is 1.97. The second kappa shape index (κ2) is 5.56. The summed E-state index contributed by atoms with van der Waals surface area (Å²) in [5.41, 5.74) is 3.95. The predicted octanol–water partition coefficient (Wildman–Crippen LogP) is 2.30. The van der Waals surface area contributed by atoms with E-state index in [-0.39, 0.29) is 5.91 Å². The van der Waals surface area contributed by atoms with Gasteiger partial charge in [-0.3, -0.25) is 4.79 Å². The normalized spacial score (nSPS) is 10.3. The van der Waals surface area contributed by atoms with Gasteiger partial charge < -0.3 is 15.2 Å². The van der Waals surface area contributed by atoms with Crippen molar-refractivity contribution in [1.29, 1.82) is 0 Å². The van der Waals surface area contributed by atoms with Crippen LogP contribution in [0.1, 0.15) is 18.2 Å². The predicted molar refractivity (Wildman–Crippen MR) is 76.0 cm³/mol. The van der Waals surface area contributed by atoms with Crippen molar-refractivity contribution in [3.63, 3.8) is 0 Å². The fourth-order valence-corrected chi connectivity index (χ4v) is 1.80. The van der Waals surface area contributed by atoms with E-state index in [0.29, 0.717) is 6.54 Å². The molecule has 1 amide bonds. The van der Waals surface area contributed by atoms with Crippen LogP contribution in [0, 0.1) is 6.92 Å². The Bertz CT molecular complexity index is 589. The van der Waals surface area contributed by atoms with E-state index in [9.17, 15) is 4.79 Å². The Labute approximate surface area is 112 Å². The number of aryl methyl sites for hydroxylation is 2. The summed E-state index contributed by atoms with van der Waals surface area (Å²) in [5.74, 6) is -0.0631. The van der Waals surface area contributed by atoms with Crippen LogP contribution in [0.5, 0.6) is 0 Å². The molecule has 0 bridgehead atoms. The molecule has 0 spiro atoms. The van der Waals surface area contributed by atoms with Crippen LogP contribution < -0.4 is 10.6 Å². The van der Waals surface area contributed by atoms with E-state index in [1.807, 2.05) is 42.9 Å². The fourth-order valence-electron chi connectivity index (χ4n) is 1.80. The van der Waals surface area contributed by atoms with Crippen LogP contribution in [0.3, 0.4) is 0 Å². The maximum Gasteiger partial charge on any atom is 0.221 e. The molecule has 2 N–H and O–H groups in total. The fraction of sp³-hybridized carbons (Fsp3) is 0.286. The van der Waals surface area contributed by atoms with E-state index < -0.39 is 0 Å². The number of imidazole rings is 1. The molecule has 0 aliphatic heterocycles. The number of hydrogen-bond acceptors (Lipinski definition) is 3. The number of benzene rings is 1. The van der Waals surface area contributed by atoms with Gasteiger partial charge in [-0.25, -0.2) is 4.98 Å². The van der Waals surface area contributed by atoms with Crippen LogP contribution in [-0.4, -0.2) is 15.5 Å². The first-order valence-corrected chi connectivity index (χ1v) is 6.13. The van der Waals surface area contributed by atoms with Crippen molar-refractivity contribution in [2.24, 2.45) is 7.05 Å². The average Bonchev–Trinajstić information content (AvgIpc) is 2.75. The molecule has 2 rings (SSSR count). The molecule has 0 fully saturated rings. The van der Waals surface area contributed by atoms with Gasteiger partial charge in [-0.2, -0.15) is 0 Å². The highest BCUT2D eigenvalue weighted by atomic mass is 16.1. The minimum Gasteiger partial charge on any atom is -0.379 e. The van der Waals surface area contributed by atoms with E-state index >= 15 is 0 Å². The number of carbonyl (C=O) groups excluding carboxylic acids is 1. The number of hydrogen-bond donors (Lipinski definition) is 2. The number of amides is 1. The topological polar surface area (TPSA) is 59.0 Å². The molecule has 0 radical (unpaired) electrons. The molecular weight excluding hydrogens is 240 g/mol. The van der Waals surface area contributed by atoms with Gasteiger partial charge in [0.15, 0.2) is 0 Å². The Kier molecular flexibility index (Phi) is 3.85. The molecule has 1 aromatic heterocycles. The van der Waals surface area contributed by atoms with Crippen molar-refractivity contribution in [3.05, 3.63) is 42.0 Å². The van der Waals surface area contributed by atoms with E-state index in [1.165, 1.54) is 6.92 Å². The van der Waals surface area contributed by atoms with E-state index in [1.54, 1.807) is 6.33 Å². The highest BCUT2D eigenvalue weighted by Gasteiger charge is 2.03. The first-order chi connectivity index (χ1) is 9.06. The molecule has 1 aromatic carbocycles. The lowest BCUT2D eigenvalue weighted by atomic mass is 10.1. The van der Waals surface area contributed by atoms with Gasteiger partial charge in [0.1, 0.15) is 0 Å². The third-order valence-electron chi connectivity index (χ3n) is 2.94. The molecule has 19 heavy (non-hydrogen) atoms. The molecule has 100 valence electrons. The second-order valence-electron chi connectivity index (χ2n) is 4.56. The molecular formula is C14H18N4O. The summed E-state index contributed by atoms with van der Waals surface area (Å²) in [6, 6.07) is 5.92. The van der Waals surface area contributed by atoms with E-state index in [2.05, 4.69) is 15.6 Å². The Morgan fingerprint density at radius 1 is 1.42 bits per heavy atom. The number of aromatic nitrogens is 2. The molecule has 0 saturated heterocycles. The summed E-state index contributed by atoms with van der Waals surface area (Å²) in [6.45, 7) is 4.17. The molecule has 0 unspecified atom stereocenters. The van der Waals surface area contributed by atoms with Gasteiger partial charge in [0.05, 0.1) is 18.6 Å². The minimum atomic E-state index is -0.0631. The molecule has 0 saturated carbocycles. The van der Waals surface area contributed by atoms with E-state index in [4.69, 9.17) is 0 Å². The summed E-state index contributed by atoms with van der Waals surface area (Å²) in [7, 11) is 1.96. The Morgan fingerprint density at radius 3 is 2.84 bits per heavy atom. The van der Waals surface area contributed by atoms with Crippen molar-refractivity contribution < 1.29 is 4.79 Å². The number of nitrogens with zero attached hydrogens (tertiary/aromatic N) is 2. The van der Waals surface area contributed by atoms with Crippen LogP contribution in [0.15, 0.2) is 30.7 Å². The summed E-state index contributed by atoms with van der Waals surface area (Å²) >= 11 is 0. The van der Waals surface area contributed by atoms with Gasteiger partial charge in [0.25, 0.3) is 0 Å². The quantitative estimate of drug-likeness (QED) is 0.884. The molecule has 0 aliphatic rings. The Morgan fingerprint density at radius 2 is 2.21 bits per heavy atom. The highest BCUT2D eigenvalue weighted by Crippen LogP contribution is 2.20. The summed E-state index contributed by atoms with van der Waals surface area (Å²) in [4.78, 5) is 15.2. The largest absolute Gasteiger partial charge is 0.379 e. The van der Waals surface area contributed by atoms with Gasteiger partial charge in [0, 0.05) is 31.5 Å². The number of carbonyl (C=O) groups is 1. The number of anilines is 2. The smallest absolute Gasteiger partial charge is 0.221 e. The standard InChI is InChI=1S/C14H18N4O/c1-10-4-5-12(6-14(10)17-11(2)19)16-8-13-7-15-9-18(13)3/h4-7,9,16H,8H2,1-3H3,(H,17,19). The zero-order valence-corrected chi connectivity index (χ0v) is 11.4. The Balaban J connectivity index is 2.08. The average molecular weight is 258 g/mol. The molecule has 0 aliphatic carbocycles. The lowest BCUT2D eigenvalue weighted by molar-refractivity contribution is -0.114. The van der Waals surface area contributed by atoms with E-state index in [0.717, 1.165) is 22.6 Å². The minimum absolute atomic E-state index is 0.0631. The van der Waals surface area contributed by atoms with Crippen LogP contribution in [0.25, 0.3) is 0 Å². The van der Waals surface area contributed by atoms with Crippen molar-refractivity contribution in [1.82, 2.24) is 9.55 Å². The zero-order valence-electron chi connectivity index (χ0n) is 11.4. The summed E-state index contributed by atoms with van der Waals surface area (Å²) in [6.07, 6.45) is 3.60. The molecule has 1 heterocycles. The van der Waals surface area contributed by atoms with Crippen LogP contribution in [-0.2, 0) is 18.4 Å². The molecule has 2 aromatic rings. The van der Waals surface area contributed by atoms with Gasteiger partial charge in [0.2, 0.25) is 5.91 Å². The molecule has 5 heteroatoms. The second-order valence-corrected chi connectivity index (χ2v) is 4.56. The lowest BCUT2D eigenvalue weighted by Crippen LogP contribution is -2.08. The third-order valence-corrected chi connectivity index (χ3v) is 2.94. The van der Waals surface area contributed by atoms with Gasteiger partial charge in [-0.15, -0.1) is 0 Å². The molecule has 5 nitrogen and oxygen atoms in total. The van der Waals surface area contributed by atoms with Crippen LogP contribution >= 0.6 is 0 Å². The molecule has 0 atom stereocenters. The highest BCUT2D eigenvalue weighted by molar-refractivity contribution is 5.90. The van der Waals surface area contributed by atoms with Crippen molar-refractivity contribution >= 4 is 17.3 Å². The Hall–Kier alpha value is -2.30. The van der Waals surface area contributed by atoms with Crippen molar-refractivity contribution in [3.8, 4) is 0 Å². The van der Waals surface area contributed by atoms with Gasteiger partial charge in [-0.05, 0) is 24.6 Å². The zero-order chi connectivity index (χ0) is 13.8. The van der Waals surface area contributed by atoms with Crippen LogP contribution in [0.2, 0.25) is 0 Å². The summed E-state index contributed by atoms with van der Waals surface area (Å²) in [5, 5.41) is 6.14. The SMILES string of the molecule is CC(=O)Nc1cc(NCc2cncn2C)ccc1C. The third kappa shape index (κ3) is 3.34. The monoisotopic (exact) mass is 258 g/mol. The maximum atomic E-state index is 11.1. The van der Waals surface area contributed by atoms with Crippen molar-refractivity contribution in [2.75, 3.05) is 10.6 Å². The lowest BCUT2D eigenvalue weighted by Gasteiger charge is -2.11. The number of nitrogens with one attached hydrogen (secondary N) is 2. The van der Waals surface area contributed by atoms with Crippen molar-refractivity contribution in [2.45, 2.75) is 20.4 Å². The van der Waals surface area contributed by atoms with Gasteiger partial charge >= 0.3 is 0 Å². The van der Waals surface area contributed by atoms with Gasteiger partial charge in [-0.1, -0.05) is 6.07 Å². The maximum absolute atomic E-state index is 11.1. The first-order valence-electron chi connectivity index (χ1n) is 6.13. The van der Waals surface area contributed by atoms with Crippen LogP contribution in [0.4, 0.5) is 11.4 Å². The number of rotatable bonds is 4. The first kappa shape index (κ1) is 13.1.